The summed E-state index contributed by atoms with van der Waals surface area (Å²) in [7, 11) is 1.95. The van der Waals surface area contributed by atoms with Crippen LogP contribution in [0.3, 0.4) is 0 Å². The van der Waals surface area contributed by atoms with Crippen LogP contribution < -0.4 is 5.73 Å². The van der Waals surface area contributed by atoms with Gasteiger partial charge >= 0.3 is 0 Å². The van der Waals surface area contributed by atoms with E-state index in [1.165, 1.54) is 19.3 Å². The Hall–Kier alpha value is -1.14. The highest BCUT2D eigenvalue weighted by molar-refractivity contribution is 5.82. The average Bonchev–Trinajstić information content (AvgIpc) is 2.66. The van der Waals surface area contributed by atoms with E-state index < -0.39 is 6.04 Å². The molecule has 0 aromatic rings. The fourth-order valence-corrected chi connectivity index (χ4v) is 3.81. The Morgan fingerprint density at radius 3 is 2.28 bits per heavy atom. The highest BCUT2D eigenvalue weighted by Gasteiger charge is 2.29. The number of hydrogen-bond acceptors (Lipinski definition) is 4. The third-order valence-electron chi connectivity index (χ3n) is 6.10. The summed E-state index contributed by atoms with van der Waals surface area (Å²) in [6.45, 7) is 7.40. The van der Waals surface area contributed by atoms with Crippen molar-refractivity contribution in [3.8, 4) is 0 Å². The van der Waals surface area contributed by atoms with Crippen molar-refractivity contribution < 1.29 is 9.59 Å². The van der Waals surface area contributed by atoms with Crippen molar-refractivity contribution in [3.05, 3.63) is 0 Å². The second-order valence-electron chi connectivity index (χ2n) is 7.81. The van der Waals surface area contributed by atoms with E-state index in [1.54, 1.807) is 0 Å². The normalized spacial score (nSPS) is 22.5. The van der Waals surface area contributed by atoms with Crippen molar-refractivity contribution in [3.63, 3.8) is 0 Å². The van der Waals surface area contributed by atoms with Crippen LogP contribution in [0.15, 0.2) is 0 Å². The number of nitrogens with zero attached hydrogens (tertiary/aromatic N) is 3. The SMILES string of the molecule is CCC(C)C(N)C(=O)N1CCN(CC(=O)N(C)C2CCCCC2)CC1. The van der Waals surface area contributed by atoms with Gasteiger partial charge in [0.15, 0.2) is 0 Å². The van der Waals surface area contributed by atoms with Crippen LogP contribution in [0.25, 0.3) is 0 Å². The predicted molar refractivity (Wildman–Crippen MR) is 100 cm³/mol. The van der Waals surface area contributed by atoms with Gasteiger partial charge < -0.3 is 15.5 Å². The largest absolute Gasteiger partial charge is 0.342 e. The molecular formula is C19H36N4O2. The molecule has 2 fully saturated rings. The molecule has 2 rings (SSSR count). The lowest BCUT2D eigenvalue weighted by molar-refractivity contribution is -0.137. The zero-order valence-electron chi connectivity index (χ0n) is 16.2. The summed E-state index contributed by atoms with van der Waals surface area (Å²) in [5, 5.41) is 0. The Balaban J connectivity index is 1.76. The first-order chi connectivity index (χ1) is 11.9. The molecule has 0 radical (unpaired) electrons. The van der Waals surface area contributed by atoms with Crippen LogP contribution in [-0.4, -0.2) is 78.4 Å². The maximum absolute atomic E-state index is 12.5. The lowest BCUT2D eigenvalue weighted by atomic mass is 9.94. The van der Waals surface area contributed by atoms with Crippen molar-refractivity contribution in [1.29, 1.82) is 0 Å². The molecule has 1 saturated carbocycles. The summed E-state index contributed by atoms with van der Waals surface area (Å²) in [5.74, 6) is 0.471. The van der Waals surface area contributed by atoms with Crippen LogP contribution in [0.5, 0.6) is 0 Å². The number of carbonyl (C=O) groups is 2. The minimum Gasteiger partial charge on any atom is -0.342 e. The van der Waals surface area contributed by atoms with E-state index in [2.05, 4.69) is 11.8 Å². The maximum atomic E-state index is 12.5. The van der Waals surface area contributed by atoms with E-state index in [0.717, 1.165) is 32.4 Å². The van der Waals surface area contributed by atoms with E-state index in [0.29, 0.717) is 25.7 Å². The molecule has 2 atom stereocenters. The first kappa shape index (κ1) is 20.2. The number of amides is 2. The molecule has 2 aliphatic rings. The third-order valence-corrected chi connectivity index (χ3v) is 6.10. The first-order valence-electron chi connectivity index (χ1n) is 9.96. The molecule has 2 N–H and O–H groups in total. The number of hydrogen-bond donors (Lipinski definition) is 1. The molecule has 1 aliphatic carbocycles. The maximum Gasteiger partial charge on any atom is 0.239 e. The average molecular weight is 353 g/mol. The molecule has 2 amide bonds. The summed E-state index contributed by atoms with van der Waals surface area (Å²) in [6.07, 6.45) is 6.96. The van der Waals surface area contributed by atoms with Crippen LogP contribution in [0, 0.1) is 5.92 Å². The van der Waals surface area contributed by atoms with Gasteiger partial charge in [-0.15, -0.1) is 0 Å². The molecule has 0 spiro atoms. The highest BCUT2D eigenvalue weighted by atomic mass is 16.2. The fourth-order valence-electron chi connectivity index (χ4n) is 3.81. The van der Waals surface area contributed by atoms with Crippen molar-refractivity contribution in [2.75, 3.05) is 39.8 Å². The Morgan fingerprint density at radius 1 is 1.12 bits per heavy atom. The van der Waals surface area contributed by atoms with Crippen LogP contribution in [0.4, 0.5) is 0 Å². The number of nitrogens with two attached hydrogens (primary N) is 1. The standard InChI is InChI=1S/C19H36N4O2/c1-4-15(2)18(20)19(25)23-12-10-22(11-13-23)14-17(24)21(3)16-8-6-5-7-9-16/h15-16,18H,4-14,20H2,1-3H3. The number of likely N-dealkylation sites (N-methyl/N-ethyl adjacent to an activating group) is 1. The van der Waals surface area contributed by atoms with E-state index in [9.17, 15) is 9.59 Å². The minimum absolute atomic E-state index is 0.0552. The summed E-state index contributed by atoms with van der Waals surface area (Å²) in [5.41, 5.74) is 6.07. The molecule has 6 heteroatoms. The Morgan fingerprint density at radius 2 is 1.72 bits per heavy atom. The summed E-state index contributed by atoms with van der Waals surface area (Å²) >= 11 is 0. The van der Waals surface area contributed by atoms with E-state index in [-0.39, 0.29) is 17.7 Å². The van der Waals surface area contributed by atoms with Crippen LogP contribution in [0.2, 0.25) is 0 Å². The number of carbonyl (C=O) groups excluding carboxylic acids is 2. The van der Waals surface area contributed by atoms with Crippen LogP contribution >= 0.6 is 0 Å². The van der Waals surface area contributed by atoms with Gasteiger partial charge in [-0.2, -0.15) is 0 Å². The van der Waals surface area contributed by atoms with E-state index >= 15 is 0 Å². The molecule has 0 bridgehead atoms. The molecule has 1 aliphatic heterocycles. The quantitative estimate of drug-likeness (QED) is 0.782. The Bertz CT molecular complexity index is 443. The lowest BCUT2D eigenvalue weighted by Gasteiger charge is -2.38. The second kappa shape index (κ2) is 9.53. The second-order valence-corrected chi connectivity index (χ2v) is 7.81. The third kappa shape index (κ3) is 5.42. The summed E-state index contributed by atoms with van der Waals surface area (Å²) in [6, 6.07) is 0.00765. The molecule has 2 unspecified atom stereocenters. The van der Waals surface area contributed by atoms with Crippen molar-refractivity contribution in [2.45, 2.75) is 64.5 Å². The minimum atomic E-state index is -0.407. The molecule has 1 heterocycles. The fraction of sp³-hybridized carbons (Fsp3) is 0.895. The van der Waals surface area contributed by atoms with Gasteiger partial charge in [0.25, 0.3) is 0 Å². The topological polar surface area (TPSA) is 69.9 Å². The van der Waals surface area contributed by atoms with Crippen LogP contribution in [-0.2, 0) is 9.59 Å². The molecule has 0 aromatic carbocycles. The molecule has 6 nitrogen and oxygen atoms in total. The summed E-state index contributed by atoms with van der Waals surface area (Å²) < 4.78 is 0. The molecular weight excluding hydrogens is 316 g/mol. The highest BCUT2D eigenvalue weighted by Crippen LogP contribution is 2.21. The first-order valence-corrected chi connectivity index (χ1v) is 9.96. The monoisotopic (exact) mass is 352 g/mol. The smallest absolute Gasteiger partial charge is 0.239 e. The van der Waals surface area contributed by atoms with E-state index in [1.807, 2.05) is 23.8 Å². The lowest BCUT2D eigenvalue weighted by Crippen LogP contribution is -2.56. The van der Waals surface area contributed by atoms with Gasteiger partial charge in [-0.25, -0.2) is 0 Å². The van der Waals surface area contributed by atoms with Crippen molar-refractivity contribution >= 4 is 11.8 Å². The van der Waals surface area contributed by atoms with Crippen molar-refractivity contribution in [1.82, 2.24) is 14.7 Å². The Labute approximate surface area is 152 Å². The molecule has 25 heavy (non-hydrogen) atoms. The predicted octanol–water partition coefficient (Wildman–Crippen LogP) is 1.30. The van der Waals surface area contributed by atoms with Crippen molar-refractivity contribution in [2.24, 2.45) is 11.7 Å². The van der Waals surface area contributed by atoms with Gasteiger partial charge in [0.05, 0.1) is 12.6 Å². The van der Waals surface area contributed by atoms with Crippen LogP contribution in [0.1, 0.15) is 52.4 Å². The molecule has 1 saturated heterocycles. The zero-order valence-corrected chi connectivity index (χ0v) is 16.2. The van der Waals surface area contributed by atoms with Gasteiger partial charge in [-0.3, -0.25) is 14.5 Å². The van der Waals surface area contributed by atoms with E-state index in [4.69, 9.17) is 5.73 Å². The number of piperazine rings is 1. The molecule has 0 aromatic heterocycles. The summed E-state index contributed by atoms with van der Waals surface area (Å²) in [4.78, 5) is 31.0. The van der Waals surface area contributed by atoms with Gasteiger partial charge in [-0.05, 0) is 18.8 Å². The van der Waals surface area contributed by atoms with Gasteiger partial charge in [0.1, 0.15) is 0 Å². The van der Waals surface area contributed by atoms with Gasteiger partial charge in [0.2, 0.25) is 11.8 Å². The van der Waals surface area contributed by atoms with Gasteiger partial charge in [-0.1, -0.05) is 39.5 Å². The molecule has 144 valence electrons. The number of rotatable bonds is 6. The van der Waals surface area contributed by atoms with Gasteiger partial charge in [0, 0.05) is 39.3 Å². The zero-order chi connectivity index (χ0) is 18.4. The Kier molecular flexibility index (Phi) is 7.69.